The van der Waals surface area contributed by atoms with Crippen LogP contribution in [0.5, 0.6) is 0 Å². The van der Waals surface area contributed by atoms with E-state index in [4.69, 9.17) is 4.74 Å². The molecular weight excluding hydrogens is 396 g/mol. The van der Waals surface area contributed by atoms with E-state index >= 15 is 0 Å². The zero-order valence-electron chi connectivity index (χ0n) is 17.8. The highest BCUT2D eigenvalue weighted by molar-refractivity contribution is 7.19. The van der Waals surface area contributed by atoms with Gasteiger partial charge >= 0.3 is 5.97 Å². The first-order chi connectivity index (χ1) is 14.5. The minimum atomic E-state index is -0.235. The summed E-state index contributed by atoms with van der Waals surface area (Å²) in [4.78, 5) is 28.9. The first kappa shape index (κ1) is 20.7. The molecule has 0 N–H and O–H groups in total. The molecule has 1 saturated heterocycles. The number of aryl methyl sites for hydroxylation is 1. The highest BCUT2D eigenvalue weighted by Gasteiger charge is 2.32. The summed E-state index contributed by atoms with van der Waals surface area (Å²) in [5.74, 6) is -0.437. The number of ether oxygens (including phenoxy) is 1. The Morgan fingerprint density at radius 2 is 2.00 bits per heavy atom. The van der Waals surface area contributed by atoms with Crippen molar-refractivity contribution in [1.82, 2.24) is 9.47 Å². The second-order valence-electron chi connectivity index (χ2n) is 7.94. The minimum absolute atomic E-state index is 0.00664. The number of fused-ring (bicyclic) bond motifs is 1. The van der Waals surface area contributed by atoms with Gasteiger partial charge in [-0.2, -0.15) is 0 Å². The number of esters is 1. The van der Waals surface area contributed by atoms with Gasteiger partial charge in [0.05, 0.1) is 28.8 Å². The molecule has 3 heterocycles. The third kappa shape index (κ3) is 3.88. The smallest absolute Gasteiger partial charge is 0.310 e. The van der Waals surface area contributed by atoms with Crippen LogP contribution in [0.25, 0.3) is 10.2 Å². The molecule has 0 unspecified atom stereocenters. The molecule has 0 bridgehead atoms. The first-order valence-electron chi connectivity index (χ1n) is 10.6. The van der Waals surface area contributed by atoms with Gasteiger partial charge in [-0.05, 0) is 51.3 Å². The SMILES string of the molecule is CCOC(=O)[C@H]1CCCN(C(=O)c2cc3sc(C)cc3n2[C@@H](C)c2ccccc2)C1. The Bertz CT molecular complexity index is 1050. The Hall–Kier alpha value is -2.60. The lowest BCUT2D eigenvalue weighted by Gasteiger charge is -2.32. The van der Waals surface area contributed by atoms with Crippen molar-refractivity contribution in [2.45, 2.75) is 39.7 Å². The fraction of sp³-hybridized carbons (Fsp3) is 0.417. The van der Waals surface area contributed by atoms with Crippen LogP contribution in [0.1, 0.15) is 53.7 Å². The summed E-state index contributed by atoms with van der Waals surface area (Å²) in [6.07, 6.45) is 1.59. The van der Waals surface area contributed by atoms with E-state index in [0.29, 0.717) is 25.4 Å². The van der Waals surface area contributed by atoms with Gasteiger partial charge in [-0.1, -0.05) is 30.3 Å². The highest BCUT2D eigenvalue weighted by Crippen LogP contribution is 2.34. The van der Waals surface area contributed by atoms with E-state index in [1.807, 2.05) is 36.1 Å². The standard InChI is InChI=1S/C24H28N2O3S/c1-4-29-24(28)19-11-8-12-25(15-19)23(27)21-14-22-20(13-16(2)30-22)26(21)17(3)18-9-6-5-7-10-18/h5-7,9-10,13-14,17,19H,4,8,11-12,15H2,1-3H3/t17-,19-/m0/s1. The van der Waals surface area contributed by atoms with Gasteiger partial charge < -0.3 is 14.2 Å². The first-order valence-corrected chi connectivity index (χ1v) is 11.4. The quantitative estimate of drug-likeness (QED) is 0.540. The van der Waals surface area contributed by atoms with Crippen molar-refractivity contribution in [1.29, 1.82) is 0 Å². The van der Waals surface area contributed by atoms with Crippen LogP contribution < -0.4 is 0 Å². The van der Waals surface area contributed by atoms with Crippen molar-refractivity contribution < 1.29 is 14.3 Å². The van der Waals surface area contributed by atoms with E-state index < -0.39 is 0 Å². The van der Waals surface area contributed by atoms with Crippen LogP contribution in [-0.4, -0.2) is 41.0 Å². The fourth-order valence-electron chi connectivity index (χ4n) is 4.37. The van der Waals surface area contributed by atoms with Crippen LogP contribution >= 0.6 is 11.3 Å². The summed E-state index contributed by atoms with van der Waals surface area (Å²) in [5, 5.41) is 0. The number of hydrogen-bond donors (Lipinski definition) is 0. The number of amides is 1. The molecule has 1 aromatic carbocycles. The zero-order chi connectivity index (χ0) is 21.3. The summed E-state index contributed by atoms with van der Waals surface area (Å²) in [6.45, 7) is 7.52. The molecule has 0 radical (unpaired) electrons. The number of nitrogens with zero attached hydrogens (tertiary/aromatic N) is 2. The van der Waals surface area contributed by atoms with Crippen LogP contribution in [0, 0.1) is 12.8 Å². The predicted octanol–water partition coefficient (Wildman–Crippen LogP) is 5.04. The lowest BCUT2D eigenvalue weighted by molar-refractivity contribution is -0.149. The molecule has 1 amide bonds. The molecule has 2 aromatic heterocycles. The summed E-state index contributed by atoms with van der Waals surface area (Å²) in [5.41, 5.74) is 2.95. The molecule has 1 aliphatic rings. The lowest BCUT2D eigenvalue weighted by Crippen LogP contribution is -2.43. The molecule has 1 aliphatic heterocycles. The van der Waals surface area contributed by atoms with Crippen molar-refractivity contribution in [3.8, 4) is 0 Å². The van der Waals surface area contributed by atoms with Gasteiger partial charge in [0.25, 0.3) is 5.91 Å². The summed E-state index contributed by atoms with van der Waals surface area (Å²) < 4.78 is 8.48. The Morgan fingerprint density at radius 1 is 1.23 bits per heavy atom. The molecule has 2 atom stereocenters. The van der Waals surface area contributed by atoms with E-state index in [1.54, 1.807) is 11.3 Å². The van der Waals surface area contributed by atoms with Gasteiger partial charge in [-0.25, -0.2) is 0 Å². The number of carbonyl (C=O) groups is 2. The zero-order valence-corrected chi connectivity index (χ0v) is 18.6. The molecule has 1 fully saturated rings. The molecule has 0 spiro atoms. The number of likely N-dealkylation sites (tertiary alicyclic amines) is 1. The van der Waals surface area contributed by atoms with Crippen molar-refractivity contribution in [3.05, 3.63) is 58.6 Å². The number of hydrogen-bond acceptors (Lipinski definition) is 4. The summed E-state index contributed by atoms with van der Waals surface area (Å²) in [7, 11) is 0. The molecule has 30 heavy (non-hydrogen) atoms. The Kier molecular flexibility index (Phi) is 5.95. The normalized spacial score (nSPS) is 17.8. The third-order valence-electron chi connectivity index (χ3n) is 5.87. The maximum atomic E-state index is 13.6. The van der Waals surface area contributed by atoms with Crippen LogP contribution in [0.15, 0.2) is 42.5 Å². The maximum absolute atomic E-state index is 13.6. The number of piperidine rings is 1. The summed E-state index contributed by atoms with van der Waals surface area (Å²) in [6, 6.07) is 14.5. The second-order valence-corrected chi connectivity index (χ2v) is 9.22. The van der Waals surface area contributed by atoms with Gasteiger partial charge in [-0.3, -0.25) is 9.59 Å². The molecule has 0 saturated carbocycles. The highest BCUT2D eigenvalue weighted by atomic mass is 32.1. The van der Waals surface area contributed by atoms with Gasteiger partial charge in [0.2, 0.25) is 0 Å². The van der Waals surface area contributed by atoms with Gasteiger partial charge in [0, 0.05) is 18.0 Å². The van der Waals surface area contributed by atoms with E-state index in [1.165, 1.54) is 4.88 Å². The largest absolute Gasteiger partial charge is 0.466 e. The van der Waals surface area contributed by atoms with Crippen LogP contribution in [0.3, 0.4) is 0 Å². The number of carbonyl (C=O) groups excluding carboxylic acids is 2. The molecule has 3 aromatic rings. The molecule has 158 valence electrons. The minimum Gasteiger partial charge on any atom is -0.466 e. The number of rotatable bonds is 5. The van der Waals surface area contributed by atoms with E-state index in [2.05, 4.69) is 36.6 Å². The van der Waals surface area contributed by atoms with Crippen LogP contribution in [-0.2, 0) is 9.53 Å². The third-order valence-corrected chi connectivity index (χ3v) is 6.85. The molecular formula is C24H28N2O3S. The van der Waals surface area contributed by atoms with E-state index in [9.17, 15) is 9.59 Å². The molecule has 5 nitrogen and oxygen atoms in total. The Morgan fingerprint density at radius 3 is 2.73 bits per heavy atom. The Labute approximate surface area is 181 Å². The van der Waals surface area contributed by atoms with Gasteiger partial charge in [-0.15, -0.1) is 11.3 Å². The summed E-state index contributed by atoms with van der Waals surface area (Å²) >= 11 is 1.71. The predicted molar refractivity (Wildman–Crippen MR) is 120 cm³/mol. The van der Waals surface area contributed by atoms with E-state index in [0.717, 1.165) is 28.6 Å². The van der Waals surface area contributed by atoms with Crippen molar-refractivity contribution in [2.75, 3.05) is 19.7 Å². The van der Waals surface area contributed by atoms with Gasteiger partial charge in [0.15, 0.2) is 0 Å². The number of thiophene rings is 1. The average Bonchev–Trinajstić information content (AvgIpc) is 3.29. The number of aromatic nitrogens is 1. The molecule has 6 heteroatoms. The van der Waals surface area contributed by atoms with Crippen LogP contribution in [0.4, 0.5) is 0 Å². The lowest BCUT2D eigenvalue weighted by atomic mass is 9.98. The Balaban J connectivity index is 1.69. The van der Waals surface area contributed by atoms with Crippen molar-refractivity contribution >= 4 is 33.4 Å². The average molecular weight is 425 g/mol. The number of benzene rings is 1. The fourth-order valence-corrected chi connectivity index (χ4v) is 5.32. The van der Waals surface area contributed by atoms with Gasteiger partial charge in [0.1, 0.15) is 5.69 Å². The van der Waals surface area contributed by atoms with E-state index in [-0.39, 0.29) is 23.8 Å². The van der Waals surface area contributed by atoms with Crippen molar-refractivity contribution in [2.24, 2.45) is 5.92 Å². The topological polar surface area (TPSA) is 51.5 Å². The van der Waals surface area contributed by atoms with Crippen molar-refractivity contribution in [3.63, 3.8) is 0 Å². The second kappa shape index (κ2) is 8.64. The monoisotopic (exact) mass is 424 g/mol. The molecule has 4 rings (SSSR count). The molecule has 0 aliphatic carbocycles. The van der Waals surface area contributed by atoms with Crippen LogP contribution in [0.2, 0.25) is 0 Å². The maximum Gasteiger partial charge on any atom is 0.310 e.